The quantitative estimate of drug-likeness (QED) is 0.553. The molecule has 29 heavy (non-hydrogen) atoms. The van der Waals surface area contributed by atoms with Crippen molar-refractivity contribution in [3.63, 3.8) is 0 Å². The molecule has 4 aliphatic carbocycles. The van der Waals surface area contributed by atoms with Crippen molar-refractivity contribution in [1.29, 1.82) is 0 Å². The summed E-state index contributed by atoms with van der Waals surface area (Å²) in [5, 5.41) is 20.8. The standard InChI is InChI=1S/C27H48O2/c1-17(2)7-6-8-18(3)21-11-12-22-20-10-9-19-15-24(28)25(29)16-27(19,5)23(20)13-14-26(21,22)4/h17-25,28-29H,6-16H2,1-5H3/t18-,19-,20-,21+,22-,23-,24+,25-,26+,27-/m0/s1. The SMILES string of the molecule is CC(C)CCC[C@H](C)[C@H]1CC[C@H]2[C@@H]3CC[C@H]4C[C@@H](O)[C@@H](O)C[C@]4(C)[C@H]3CC[C@]12C. The Morgan fingerprint density at radius 1 is 0.828 bits per heavy atom. The predicted octanol–water partition coefficient (Wildman–Crippen LogP) is 6.44. The topological polar surface area (TPSA) is 40.5 Å². The normalized spacial score (nSPS) is 50.7. The third kappa shape index (κ3) is 3.73. The third-order valence-electron chi connectivity index (χ3n) is 10.9. The molecular weight excluding hydrogens is 356 g/mol. The van der Waals surface area contributed by atoms with Gasteiger partial charge in [0.15, 0.2) is 0 Å². The van der Waals surface area contributed by atoms with Gasteiger partial charge in [-0.05, 0) is 104 Å². The molecule has 0 aliphatic heterocycles. The van der Waals surface area contributed by atoms with E-state index in [0.29, 0.717) is 11.3 Å². The molecule has 0 amide bonds. The van der Waals surface area contributed by atoms with Crippen LogP contribution in [-0.4, -0.2) is 22.4 Å². The lowest BCUT2D eigenvalue weighted by atomic mass is 9.44. The third-order valence-corrected chi connectivity index (χ3v) is 10.9. The van der Waals surface area contributed by atoms with Crippen molar-refractivity contribution in [2.45, 2.75) is 117 Å². The number of rotatable bonds is 5. The fourth-order valence-electron chi connectivity index (χ4n) is 9.30. The first-order valence-corrected chi connectivity index (χ1v) is 13.0. The Balaban J connectivity index is 1.47. The van der Waals surface area contributed by atoms with Gasteiger partial charge in [-0.2, -0.15) is 0 Å². The summed E-state index contributed by atoms with van der Waals surface area (Å²) < 4.78 is 0. The first kappa shape index (κ1) is 22.1. The molecule has 4 saturated carbocycles. The summed E-state index contributed by atoms with van der Waals surface area (Å²) in [4.78, 5) is 0. The van der Waals surface area contributed by atoms with Crippen LogP contribution in [0.1, 0.15) is 105 Å². The van der Waals surface area contributed by atoms with Crippen molar-refractivity contribution in [3.05, 3.63) is 0 Å². The average molecular weight is 405 g/mol. The maximum absolute atomic E-state index is 10.5. The Hall–Kier alpha value is -0.0800. The second-order valence-electron chi connectivity index (χ2n) is 12.8. The monoisotopic (exact) mass is 404 g/mol. The summed E-state index contributed by atoms with van der Waals surface area (Å²) >= 11 is 0. The molecule has 4 rings (SSSR count). The molecule has 0 aromatic carbocycles. The molecule has 0 heterocycles. The van der Waals surface area contributed by atoms with E-state index in [-0.39, 0.29) is 5.41 Å². The number of hydrogen-bond acceptors (Lipinski definition) is 2. The fourth-order valence-corrected chi connectivity index (χ4v) is 9.30. The summed E-state index contributed by atoms with van der Waals surface area (Å²) in [6.07, 6.45) is 13.2. The first-order valence-electron chi connectivity index (χ1n) is 13.0. The van der Waals surface area contributed by atoms with E-state index in [0.717, 1.165) is 48.3 Å². The van der Waals surface area contributed by atoms with Gasteiger partial charge in [0, 0.05) is 0 Å². The average Bonchev–Trinajstić information content (AvgIpc) is 3.00. The maximum atomic E-state index is 10.5. The zero-order valence-electron chi connectivity index (χ0n) is 19.9. The van der Waals surface area contributed by atoms with Crippen molar-refractivity contribution in [1.82, 2.24) is 0 Å². The minimum absolute atomic E-state index is 0.254. The van der Waals surface area contributed by atoms with Crippen molar-refractivity contribution in [2.24, 2.45) is 52.3 Å². The van der Waals surface area contributed by atoms with E-state index in [2.05, 4.69) is 34.6 Å². The van der Waals surface area contributed by atoms with Gasteiger partial charge in [-0.15, -0.1) is 0 Å². The van der Waals surface area contributed by atoms with Crippen LogP contribution in [0.4, 0.5) is 0 Å². The van der Waals surface area contributed by atoms with Crippen LogP contribution in [-0.2, 0) is 0 Å². The fraction of sp³-hybridized carbons (Fsp3) is 1.00. The molecule has 4 aliphatic rings. The number of fused-ring (bicyclic) bond motifs is 5. The Labute approximate surface area is 180 Å². The smallest absolute Gasteiger partial charge is 0.0804 e. The Morgan fingerprint density at radius 2 is 1.55 bits per heavy atom. The highest BCUT2D eigenvalue weighted by atomic mass is 16.3. The van der Waals surface area contributed by atoms with E-state index < -0.39 is 12.2 Å². The van der Waals surface area contributed by atoms with Gasteiger partial charge < -0.3 is 10.2 Å². The maximum Gasteiger partial charge on any atom is 0.0804 e. The number of hydrogen-bond donors (Lipinski definition) is 2. The minimum atomic E-state index is -0.499. The summed E-state index contributed by atoms with van der Waals surface area (Å²) in [7, 11) is 0. The molecule has 0 unspecified atom stereocenters. The highest BCUT2D eigenvalue weighted by Crippen LogP contribution is 2.68. The molecule has 10 atom stereocenters. The molecule has 0 aromatic rings. The van der Waals surface area contributed by atoms with Crippen LogP contribution < -0.4 is 0 Å². The Bertz CT molecular complexity index is 573. The Kier molecular flexibility index (Phi) is 6.19. The van der Waals surface area contributed by atoms with Crippen LogP contribution in [0.25, 0.3) is 0 Å². The van der Waals surface area contributed by atoms with Crippen LogP contribution in [0.3, 0.4) is 0 Å². The van der Waals surface area contributed by atoms with Gasteiger partial charge in [0.05, 0.1) is 12.2 Å². The summed E-state index contributed by atoms with van der Waals surface area (Å²) in [6, 6.07) is 0. The van der Waals surface area contributed by atoms with E-state index in [1.165, 1.54) is 57.8 Å². The second kappa shape index (κ2) is 8.12. The molecule has 2 nitrogen and oxygen atoms in total. The zero-order chi connectivity index (χ0) is 21.0. The van der Waals surface area contributed by atoms with Crippen LogP contribution >= 0.6 is 0 Å². The largest absolute Gasteiger partial charge is 0.390 e. The number of aliphatic hydroxyl groups is 2. The van der Waals surface area contributed by atoms with Gasteiger partial charge in [-0.25, -0.2) is 0 Å². The minimum Gasteiger partial charge on any atom is -0.390 e. The van der Waals surface area contributed by atoms with Crippen molar-refractivity contribution in [3.8, 4) is 0 Å². The molecule has 168 valence electrons. The van der Waals surface area contributed by atoms with Gasteiger partial charge >= 0.3 is 0 Å². The predicted molar refractivity (Wildman–Crippen MR) is 120 cm³/mol. The molecule has 0 bridgehead atoms. The van der Waals surface area contributed by atoms with Crippen LogP contribution in [0.2, 0.25) is 0 Å². The van der Waals surface area contributed by atoms with E-state index in [1.54, 1.807) is 0 Å². The molecule has 2 heteroatoms. The summed E-state index contributed by atoms with van der Waals surface area (Å²) in [5.74, 6) is 5.80. The molecule has 0 spiro atoms. The Morgan fingerprint density at radius 3 is 2.28 bits per heavy atom. The first-order chi connectivity index (χ1) is 13.7. The van der Waals surface area contributed by atoms with E-state index in [9.17, 15) is 10.2 Å². The lowest BCUT2D eigenvalue weighted by Gasteiger charge is -2.61. The zero-order valence-corrected chi connectivity index (χ0v) is 19.9. The molecule has 4 fully saturated rings. The highest BCUT2D eigenvalue weighted by molar-refractivity contribution is 5.10. The van der Waals surface area contributed by atoms with Gasteiger partial charge in [-0.1, -0.05) is 53.9 Å². The van der Waals surface area contributed by atoms with E-state index in [4.69, 9.17) is 0 Å². The molecule has 0 saturated heterocycles. The highest BCUT2D eigenvalue weighted by Gasteiger charge is 2.61. The molecule has 2 N–H and O–H groups in total. The lowest BCUT2D eigenvalue weighted by molar-refractivity contribution is -0.160. The van der Waals surface area contributed by atoms with Crippen LogP contribution in [0.5, 0.6) is 0 Å². The van der Waals surface area contributed by atoms with Gasteiger partial charge in [-0.3, -0.25) is 0 Å². The second-order valence-corrected chi connectivity index (χ2v) is 12.8. The molecule has 0 radical (unpaired) electrons. The van der Waals surface area contributed by atoms with Crippen molar-refractivity contribution < 1.29 is 10.2 Å². The summed E-state index contributed by atoms with van der Waals surface area (Å²) in [5.41, 5.74) is 0.804. The lowest BCUT2D eigenvalue weighted by Crippen LogP contribution is -2.56. The molecule has 0 aromatic heterocycles. The van der Waals surface area contributed by atoms with Gasteiger partial charge in [0.1, 0.15) is 0 Å². The van der Waals surface area contributed by atoms with Crippen molar-refractivity contribution >= 4 is 0 Å². The number of aliphatic hydroxyl groups excluding tert-OH is 2. The van der Waals surface area contributed by atoms with E-state index in [1.807, 2.05) is 0 Å². The van der Waals surface area contributed by atoms with Crippen LogP contribution in [0.15, 0.2) is 0 Å². The van der Waals surface area contributed by atoms with Crippen molar-refractivity contribution in [2.75, 3.05) is 0 Å². The van der Waals surface area contributed by atoms with Gasteiger partial charge in [0.25, 0.3) is 0 Å². The summed E-state index contributed by atoms with van der Waals surface area (Å²) in [6.45, 7) is 12.4. The van der Waals surface area contributed by atoms with Gasteiger partial charge in [0.2, 0.25) is 0 Å². The molecular formula is C27H48O2. The van der Waals surface area contributed by atoms with E-state index >= 15 is 0 Å². The van der Waals surface area contributed by atoms with Crippen LogP contribution in [0, 0.1) is 52.3 Å².